The number of hydrogen-bond donors (Lipinski definition) is 1. The van der Waals surface area contributed by atoms with Crippen LogP contribution >= 0.6 is 11.8 Å². The number of anilines is 1. The smallest absolute Gasteiger partial charge is 0.133 e. The second-order valence-electron chi connectivity index (χ2n) is 4.08. The summed E-state index contributed by atoms with van der Waals surface area (Å²) in [7, 11) is 1.84. The Morgan fingerprint density at radius 2 is 2.11 bits per heavy atom. The van der Waals surface area contributed by atoms with Gasteiger partial charge in [-0.1, -0.05) is 24.8 Å². The lowest BCUT2D eigenvalue weighted by Crippen LogP contribution is -2.04. The standard InChI is InChI=1S/C14H16FN3S/c1-4-12-17-13(16-3)9(2)14(18-12)19-11-7-5-6-10(15)8-11/h5-8H,4H2,1-3H3,(H,16,17,18). The van der Waals surface area contributed by atoms with Gasteiger partial charge >= 0.3 is 0 Å². The van der Waals surface area contributed by atoms with Crippen molar-refractivity contribution < 1.29 is 4.39 Å². The van der Waals surface area contributed by atoms with E-state index in [0.29, 0.717) is 0 Å². The molecule has 0 aliphatic rings. The van der Waals surface area contributed by atoms with E-state index in [9.17, 15) is 4.39 Å². The van der Waals surface area contributed by atoms with Crippen molar-refractivity contribution in [1.82, 2.24) is 9.97 Å². The van der Waals surface area contributed by atoms with Gasteiger partial charge in [-0.25, -0.2) is 14.4 Å². The Kier molecular flexibility index (Phi) is 4.37. The highest BCUT2D eigenvalue weighted by Crippen LogP contribution is 2.31. The van der Waals surface area contributed by atoms with Crippen molar-refractivity contribution in [2.45, 2.75) is 30.2 Å². The lowest BCUT2D eigenvalue weighted by Gasteiger charge is -2.11. The number of halogens is 1. The van der Waals surface area contributed by atoms with Gasteiger partial charge in [-0.05, 0) is 25.1 Å². The zero-order valence-corrected chi connectivity index (χ0v) is 12.0. The topological polar surface area (TPSA) is 37.8 Å². The van der Waals surface area contributed by atoms with Crippen LogP contribution in [0.25, 0.3) is 0 Å². The highest BCUT2D eigenvalue weighted by atomic mass is 32.2. The van der Waals surface area contributed by atoms with Gasteiger partial charge in [-0.2, -0.15) is 0 Å². The minimum absolute atomic E-state index is 0.235. The largest absolute Gasteiger partial charge is 0.373 e. The summed E-state index contributed by atoms with van der Waals surface area (Å²) in [4.78, 5) is 9.77. The fourth-order valence-corrected chi connectivity index (χ4v) is 2.63. The molecular formula is C14H16FN3S. The van der Waals surface area contributed by atoms with Crippen LogP contribution in [0.1, 0.15) is 18.3 Å². The quantitative estimate of drug-likeness (QED) is 0.865. The fourth-order valence-electron chi connectivity index (χ4n) is 1.68. The van der Waals surface area contributed by atoms with Crippen molar-refractivity contribution in [3.63, 3.8) is 0 Å². The third-order valence-electron chi connectivity index (χ3n) is 2.71. The Balaban J connectivity index is 2.38. The Morgan fingerprint density at radius 1 is 1.32 bits per heavy atom. The molecule has 1 aromatic heterocycles. The van der Waals surface area contributed by atoms with Gasteiger partial charge in [0, 0.05) is 23.9 Å². The van der Waals surface area contributed by atoms with Crippen molar-refractivity contribution >= 4 is 17.6 Å². The summed E-state index contributed by atoms with van der Waals surface area (Å²) in [5.41, 5.74) is 0.981. The molecule has 0 spiro atoms. The van der Waals surface area contributed by atoms with Crippen molar-refractivity contribution in [3.05, 3.63) is 41.5 Å². The van der Waals surface area contributed by atoms with Crippen LogP contribution in [0.5, 0.6) is 0 Å². The fraction of sp³-hybridized carbons (Fsp3) is 0.286. The van der Waals surface area contributed by atoms with Gasteiger partial charge in [0.05, 0.1) is 0 Å². The summed E-state index contributed by atoms with van der Waals surface area (Å²) in [6.07, 6.45) is 0.770. The Bertz CT molecular complexity index is 587. The molecule has 0 radical (unpaired) electrons. The highest BCUT2D eigenvalue weighted by molar-refractivity contribution is 7.99. The Labute approximate surface area is 116 Å². The molecule has 0 aliphatic carbocycles. The van der Waals surface area contributed by atoms with E-state index in [1.807, 2.05) is 27.0 Å². The van der Waals surface area contributed by atoms with Crippen LogP contribution in [-0.4, -0.2) is 17.0 Å². The zero-order chi connectivity index (χ0) is 13.8. The van der Waals surface area contributed by atoms with Gasteiger partial charge in [0.15, 0.2) is 0 Å². The summed E-state index contributed by atoms with van der Waals surface area (Å²) >= 11 is 1.46. The molecule has 5 heteroatoms. The second-order valence-corrected chi connectivity index (χ2v) is 5.14. The molecule has 0 amide bonds. The number of nitrogens with one attached hydrogen (secondary N) is 1. The van der Waals surface area contributed by atoms with Gasteiger partial charge in [-0.15, -0.1) is 0 Å². The molecule has 100 valence electrons. The summed E-state index contributed by atoms with van der Waals surface area (Å²) in [5.74, 6) is 1.38. The third-order valence-corrected chi connectivity index (χ3v) is 3.79. The number of hydrogen-bond acceptors (Lipinski definition) is 4. The molecule has 0 saturated heterocycles. The van der Waals surface area contributed by atoms with Gasteiger partial charge in [0.1, 0.15) is 22.5 Å². The first kappa shape index (κ1) is 13.8. The lowest BCUT2D eigenvalue weighted by atomic mass is 10.3. The van der Waals surface area contributed by atoms with E-state index in [4.69, 9.17) is 0 Å². The van der Waals surface area contributed by atoms with Crippen LogP contribution in [0.2, 0.25) is 0 Å². The SMILES string of the molecule is CCc1nc(NC)c(C)c(Sc2cccc(F)c2)n1. The summed E-state index contributed by atoms with van der Waals surface area (Å²) in [6.45, 7) is 3.98. The van der Waals surface area contributed by atoms with Crippen molar-refractivity contribution in [2.24, 2.45) is 0 Å². The van der Waals surface area contributed by atoms with Crippen LogP contribution < -0.4 is 5.32 Å². The molecule has 2 rings (SSSR count). The van der Waals surface area contributed by atoms with E-state index < -0.39 is 0 Å². The highest BCUT2D eigenvalue weighted by Gasteiger charge is 2.11. The van der Waals surface area contributed by atoms with Crippen LogP contribution in [0, 0.1) is 12.7 Å². The van der Waals surface area contributed by atoms with Crippen LogP contribution in [0.3, 0.4) is 0 Å². The first-order valence-corrected chi connectivity index (χ1v) is 6.94. The zero-order valence-electron chi connectivity index (χ0n) is 11.2. The Hall–Kier alpha value is -1.62. The average Bonchev–Trinajstić information content (AvgIpc) is 2.41. The van der Waals surface area contributed by atoms with Crippen molar-refractivity contribution in [2.75, 3.05) is 12.4 Å². The molecule has 1 aromatic carbocycles. The number of aryl methyl sites for hydroxylation is 1. The van der Waals surface area contributed by atoms with Gasteiger partial charge in [0.25, 0.3) is 0 Å². The van der Waals surface area contributed by atoms with E-state index in [0.717, 1.165) is 33.5 Å². The molecule has 0 aliphatic heterocycles. The maximum Gasteiger partial charge on any atom is 0.133 e. The van der Waals surface area contributed by atoms with Crippen LogP contribution in [-0.2, 0) is 6.42 Å². The van der Waals surface area contributed by atoms with Crippen LogP contribution in [0.4, 0.5) is 10.2 Å². The Morgan fingerprint density at radius 3 is 2.74 bits per heavy atom. The van der Waals surface area contributed by atoms with Crippen molar-refractivity contribution in [3.8, 4) is 0 Å². The average molecular weight is 277 g/mol. The molecule has 2 aromatic rings. The molecule has 1 heterocycles. The second kappa shape index (κ2) is 6.02. The monoisotopic (exact) mass is 277 g/mol. The van der Waals surface area contributed by atoms with Gasteiger partial charge in [-0.3, -0.25) is 0 Å². The predicted octanol–water partition coefficient (Wildman–Crippen LogP) is 3.68. The molecular weight excluding hydrogens is 261 g/mol. The minimum atomic E-state index is -0.235. The van der Waals surface area contributed by atoms with E-state index >= 15 is 0 Å². The van der Waals surface area contributed by atoms with Gasteiger partial charge in [0.2, 0.25) is 0 Å². The van der Waals surface area contributed by atoms with E-state index in [-0.39, 0.29) is 5.82 Å². The molecule has 0 saturated carbocycles. The lowest BCUT2D eigenvalue weighted by molar-refractivity contribution is 0.624. The number of rotatable bonds is 4. The van der Waals surface area contributed by atoms with Crippen molar-refractivity contribution in [1.29, 1.82) is 0 Å². The molecule has 3 nitrogen and oxygen atoms in total. The summed E-state index contributed by atoms with van der Waals surface area (Å²) in [5, 5.41) is 3.93. The summed E-state index contributed by atoms with van der Waals surface area (Å²) < 4.78 is 13.2. The van der Waals surface area contributed by atoms with Gasteiger partial charge < -0.3 is 5.32 Å². The minimum Gasteiger partial charge on any atom is -0.373 e. The first-order chi connectivity index (χ1) is 9.13. The number of nitrogens with zero attached hydrogens (tertiary/aromatic N) is 2. The van der Waals surface area contributed by atoms with E-state index in [1.54, 1.807) is 6.07 Å². The normalized spacial score (nSPS) is 10.5. The maximum atomic E-state index is 13.2. The van der Waals surface area contributed by atoms with E-state index in [2.05, 4.69) is 15.3 Å². The number of benzene rings is 1. The molecule has 0 atom stereocenters. The third kappa shape index (κ3) is 3.23. The van der Waals surface area contributed by atoms with Crippen LogP contribution in [0.15, 0.2) is 34.2 Å². The first-order valence-electron chi connectivity index (χ1n) is 6.12. The molecule has 0 unspecified atom stereocenters. The molecule has 1 N–H and O–H groups in total. The summed E-state index contributed by atoms with van der Waals surface area (Å²) in [6, 6.07) is 6.53. The molecule has 19 heavy (non-hydrogen) atoms. The predicted molar refractivity (Wildman–Crippen MR) is 76.2 cm³/mol. The molecule has 0 fully saturated rings. The number of aromatic nitrogens is 2. The molecule has 0 bridgehead atoms. The maximum absolute atomic E-state index is 13.2. The van der Waals surface area contributed by atoms with E-state index in [1.165, 1.54) is 23.9 Å².